The minimum Gasteiger partial charge on any atom is -0.487 e. The molecule has 8 nitrogen and oxygen atoms in total. The first-order chi connectivity index (χ1) is 9.31. The highest BCUT2D eigenvalue weighted by atomic mass is 32.1. The summed E-state index contributed by atoms with van der Waals surface area (Å²) in [6, 6.07) is 0. The maximum absolute atomic E-state index is 9.33. The van der Waals surface area contributed by atoms with Gasteiger partial charge in [0.2, 0.25) is 0 Å². The highest BCUT2D eigenvalue weighted by molar-refractivity contribution is 7.80. The molecule has 0 aliphatic carbocycles. The van der Waals surface area contributed by atoms with Crippen LogP contribution in [-0.2, 0) is 18.9 Å². The number of rotatable bonds is 8. The number of nitrogens with zero attached hydrogens (tertiary/aromatic N) is 1. The van der Waals surface area contributed by atoms with Crippen LogP contribution in [0, 0.1) is 0 Å². The number of hydrogen-bond acceptors (Lipinski definition) is 6. The van der Waals surface area contributed by atoms with Crippen molar-refractivity contribution in [2.45, 2.75) is 12.6 Å². The first-order valence-corrected chi connectivity index (χ1v) is 6.21. The van der Waals surface area contributed by atoms with E-state index in [0.717, 1.165) is 0 Å². The molecular weight excluding hydrogens is 308 g/mol. The Morgan fingerprint density at radius 2 is 1.20 bits per heavy atom. The predicted molar refractivity (Wildman–Crippen MR) is 81.8 cm³/mol. The van der Waals surface area contributed by atoms with Gasteiger partial charge in [0.1, 0.15) is 0 Å². The van der Waals surface area contributed by atoms with E-state index >= 15 is 0 Å². The summed E-state index contributed by atoms with van der Waals surface area (Å²) in [5.74, 6) is 0. The van der Waals surface area contributed by atoms with Crippen LogP contribution in [0.3, 0.4) is 0 Å². The number of aliphatic hydroxyl groups excluding tert-OH is 2. The number of aliphatic hydroxyl groups is 2. The van der Waals surface area contributed by atoms with Crippen molar-refractivity contribution in [3.8, 4) is 0 Å². The van der Waals surface area contributed by atoms with Gasteiger partial charge in [-0.05, 0) is 24.4 Å². The van der Waals surface area contributed by atoms with Crippen LogP contribution in [0.2, 0.25) is 0 Å². The summed E-state index contributed by atoms with van der Waals surface area (Å²) in [6.07, 6.45) is -0.945. The van der Waals surface area contributed by atoms with Crippen molar-refractivity contribution >= 4 is 34.8 Å². The van der Waals surface area contributed by atoms with Gasteiger partial charge >= 0.3 is 0 Å². The topological polar surface area (TPSA) is 107 Å². The fraction of sp³-hybridized carbons (Fsp3) is 0.800. The Bertz CT molecular complexity index is 256. The largest absolute Gasteiger partial charge is 0.487 e. The molecule has 0 amide bonds. The second kappa shape index (κ2) is 13.2. The standard InChI is InChI=1S/C9H19NO5S.CH3NOS/c1-12-7(13-2)5-10(9(11)16)6-8(14-3)15-4;2-1(3)4/h7-8H,5-6H2,1-4H3,(H,11,16);(H3,2,3,4). The molecule has 0 aliphatic rings. The number of hydrogen-bond donors (Lipinski definition) is 3. The van der Waals surface area contributed by atoms with Gasteiger partial charge in [0.25, 0.3) is 10.3 Å². The molecule has 0 atom stereocenters. The molecule has 0 saturated heterocycles. The molecule has 0 aromatic heterocycles. The normalized spacial score (nSPS) is 10.1. The molecule has 10 heteroatoms. The van der Waals surface area contributed by atoms with Crippen LogP contribution in [0.5, 0.6) is 0 Å². The molecule has 0 unspecified atom stereocenters. The van der Waals surface area contributed by atoms with E-state index in [1.54, 1.807) is 0 Å². The van der Waals surface area contributed by atoms with Gasteiger partial charge < -0.3 is 39.8 Å². The Hall–Kier alpha value is -0.780. The van der Waals surface area contributed by atoms with Crippen molar-refractivity contribution in [3.63, 3.8) is 0 Å². The summed E-state index contributed by atoms with van der Waals surface area (Å²) in [4.78, 5) is 1.48. The Balaban J connectivity index is 0. The lowest BCUT2D eigenvalue weighted by atomic mass is 10.4. The zero-order chi connectivity index (χ0) is 16.1. The molecule has 20 heavy (non-hydrogen) atoms. The van der Waals surface area contributed by atoms with Crippen LogP contribution in [0.4, 0.5) is 0 Å². The average molecular weight is 330 g/mol. The molecule has 0 spiro atoms. The molecule has 0 aliphatic heterocycles. The third-order valence-corrected chi connectivity index (χ3v) is 2.32. The van der Waals surface area contributed by atoms with E-state index in [1.165, 1.54) is 33.3 Å². The van der Waals surface area contributed by atoms with Crippen molar-refractivity contribution in [1.29, 1.82) is 0 Å². The second-order valence-electron chi connectivity index (χ2n) is 3.33. The number of methoxy groups -OCH3 is 4. The average Bonchev–Trinajstić information content (AvgIpc) is 2.38. The van der Waals surface area contributed by atoms with Crippen LogP contribution in [0.15, 0.2) is 0 Å². The fourth-order valence-corrected chi connectivity index (χ4v) is 1.23. The van der Waals surface area contributed by atoms with Crippen LogP contribution in [-0.4, -0.2) is 79.6 Å². The van der Waals surface area contributed by atoms with Gasteiger partial charge in [0.05, 0.1) is 13.1 Å². The maximum Gasteiger partial charge on any atom is 0.257 e. The summed E-state index contributed by atoms with van der Waals surface area (Å²) in [6.45, 7) is 0.594. The van der Waals surface area contributed by atoms with E-state index in [9.17, 15) is 5.11 Å². The lowest BCUT2D eigenvalue weighted by Crippen LogP contribution is -2.43. The monoisotopic (exact) mass is 330 g/mol. The summed E-state index contributed by atoms with van der Waals surface area (Å²) in [5, 5.41) is 16.1. The van der Waals surface area contributed by atoms with E-state index in [1.807, 2.05) is 0 Å². The molecule has 0 radical (unpaired) electrons. The fourth-order valence-electron chi connectivity index (χ4n) is 1.08. The van der Waals surface area contributed by atoms with Gasteiger partial charge in [-0.2, -0.15) is 0 Å². The van der Waals surface area contributed by atoms with Gasteiger partial charge in [-0.1, -0.05) is 0 Å². The van der Waals surface area contributed by atoms with E-state index in [4.69, 9.17) is 36.3 Å². The molecule has 0 fully saturated rings. The molecule has 120 valence electrons. The number of nitrogens with two attached hydrogens (primary N) is 1. The summed E-state index contributed by atoms with van der Waals surface area (Å²) < 4.78 is 20.1. The van der Waals surface area contributed by atoms with Crippen LogP contribution in [0.25, 0.3) is 0 Å². The maximum atomic E-state index is 9.33. The van der Waals surface area contributed by atoms with E-state index in [-0.39, 0.29) is 5.17 Å². The Morgan fingerprint density at radius 3 is 1.35 bits per heavy atom. The minimum absolute atomic E-state index is 0.252. The van der Waals surface area contributed by atoms with Gasteiger partial charge in [0, 0.05) is 28.4 Å². The third-order valence-electron chi connectivity index (χ3n) is 2.06. The molecule has 0 aromatic rings. The van der Waals surface area contributed by atoms with Crippen molar-refractivity contribution in [1.82, 2.24) is 4.90 Å². The molecule has 0 bridgehead atoms. The number of thiocarbonyl (C=S) groups is 2. The van der Waals surface area contributed by atoms with Crippen LogP contribution >= 0.6 is 24.4 Å². The highest BCUT2D eigenvalue weighted by Gasteiger charge is 2.19. The van der Waals surface area contributed by atoms with Gasteiger partial charge in [0.15, 0.2) is 12.6 Å². The highest BCUT2D eigenvalue weighted by Crippen LogP contribution is 2.02. The first-order valence-electron chi connectivity index (χ1n) is 5.39. The van der Waals surface area contributed by atoms with E-state index in [2.05, 4.69) is 18.0 Å². The molecule has 0 heterocycles. The summed E-state index contributed by atoms with van der Waals surface area (Å²) in [7, 11) is 6.04. The van der Waals surface area contributed by atoms with Crippen molar-refractivity contribution < 1.29 is 29.2 Å². The summed E-state index contributed by atoms with van der Waals surface area (Å²) >= 11 is 8.58. The molecule has 0 saturated carbocycles. The van der Waals surface area contributed by atoms with E-state index < -0.39 is 17.8 Å². The van der Waals surface area contributed by atoms with E-state index in [0.29, 0.717) is 13.1 Å². The molecule has 0 rings (SSSR count). The van der Waals surface area contributed by atoms with Crippen molar-refractivity contribution in [2.24, 2.45) is 5.73 Å². The Kier molecular flexibility index (Phi) is 14.2. The number of ether oxygens (including phenoxy) is 4. The van der Waals surface area contributed by atoms with Gasteiger partial charge in [-0.3, -0.25) is 0 Å². The molecule has 4 N–H and O–H groups in total. The quantitative estimate of drug-likeness (QED) is 0.421. The Morgan fingerprint density at radius 1 is 0.950 bits per heavy atom. The zero-order valence-corrected chi connectivity index (χ0v) is 13.6. The van der Waals surface area contributed by atoms with Crippen molar-refractivity contribution in [3.05, 3.63) is 0 Å². The molecule has 0 aromatic carbocycles. The zero-order valence-electron chi connectivity index (χ0n) is 11.9. The predicted octanol–water partition coefficient (Wildman–Crippen LogP) is 0.157. The smallest absolute Gasteiger partial charge is 0.257 e. The minimum atomic E-state index is -0.500. The van der Waals surface area contributed by atoms with Crippen molar-refractivity contribution in [2.75, 3.05) is 41.5 Å². The van der Waals surface area contributed by atoms with Crippen LogP contribution < -0.4 is 5.73 Å². The Labute approximate surface area is 129 Å². The third kappa shape index (κ3) is 12.3. The molecular formula is C10H22N2O6S2. The lowest BCUT2D eigenvalue weighted by molar-refractivity contribution is -0.134. The first kappa shape index (κ1) is 21.5. The second-order valence-corrected chi connectivity index (χ2v) is 4.11. The SMILES string of the molecule is COC(CN(CC(OC)OC)C(O)=S)OC.NC(O)=S. The van der Waals surface area contributed by atoms with Gasteiger partial charge in [-0.25, -0.2) is 0 Å². The van der Waals surface area contributed by atoms with Gasteiger partial charge in [-0.15, -0.1) is 0 Å². The lowest BCUT2D eigenvalue weighted by Gasteiger charge is -2.28. The summed E-state index contributed by atoms with van der Waals surface area (Å²) in [5.41, 5.74) is 4.40. The van der Waals surface area contributed by atoms with Crippen LogP contribution in [0.1, 0.15) is 0 Å².